The molecule has 0 saturated carbocycles. The molecule has 1 heterocycles. The molecule has 0 radical (unpaired) electrons. The molecule has 0 aliphatic carbocycles. The molecule has 0 amide bonds. The number of carbonyl (C=O) groups is 1. The Kier molecular flexibility index (Phi) is 3.99. The van der Waals surface area contributed by atoms with Crippen LogP contribution in [-0.2, 0) is 0 Å². The van der Waals surface area contributed by atoms with Gasteiger partial charge in [0.1, 0.15) is 5.02 Å². The summed E-state index contributed by atoms with van der Waals surface area (Å²) in [5.41, 5.74) is -0.800. The number of rotatable bonds is 4. The van der Waals surface area contributed by atoms with E-state index in [9.17, 15) is 19.3 Å². The summed E-state index contributed by atoms with van der Waals surface area (Å²) in [5.74, 6) is -3.22. The van der Waals surface area contributed by atoms with Crippen LogP contribution in [0.3, 0.4) is 0 Å². The van der Waals surface area contributed by atoms with Gasteiger partial charge >= 0.3 is 11.7 Å². The first-order chi connectivity index (χ1) is 9.90. The highest BCUT2D eigenvalue weighted by atomic mass is 35.5. The van der Waals surface area contributed by atoms with Gasteiger partial charge in [-0.15, -0.1) is 0 Å². The van der Waals surface area contributed by atoms with E-state index in [2.05, 4.69) is 4.98 Å². The van der Waals surface area contributed by atoms with Crippen molar-refractivity contribution in [2.45, 2.75) is 0 Å². The van der Waals surface area contributed by atoms with Crippen LogP contribution >= 0.6 is 11.6 Å². The number of aromatic nitrogens is 1. The third kappa shape index (κ3) is 3.06. The van der Waals surface area contributed by atoms with Gasteiger partial charge in [-0.25, -0.2) is 14.2 Å². The summed E-state index contributed by atoms with van der Waals surface area (Å²) in [4.78, 5) is 24.3. The van der Waals surface area contributed by atoms with Gasteiger partial charge < -0.3 is 9.84 Å². The zero-order valence-corrected chi connectivity index (χ0v) is 10.9. The number of halogens is 2. The van der Waals surface area contributed by atoms with Crippen molar-refractivity contribution in [2.75, 3.05) is 0 Å². The molecule has 2 aromatic rings. The highest BCUT2D eigenvalue weighted by Gasteiger charge is 2.22. The first kappa shape index (κ1) is 14.7. The monoisotopic (exact) mass is 312 g/mol. The molecule has 0 aliphatic rings. The summed E-state index contributed by atoms with van der Waals surface area (Å²) < 4.78 is 18.7. The molecule has 1 aromatic carbocycles. The molecule has 2 rings (SSSR count). The molecule has 0 aliphatic heterocycles. The third-order valence-electron chi connectivity index (χ3n) is 2.40. The molecule has 21 heavy (non-hydrogen) atoms. The second kappa shape index (κ2) is 5.71. The maximum absolute atomic E-state index is 13.6. The lowest BCUT2D eigenvalue weighted by atomic mass is 10.3. The largest absolute Gasteiger partial charge is 0.478 e. The van der Waals surface area contributed by atoms with Crippen molar-refractivity contribution in [2.24, 2.45) is 0 Å². The molecule has 1 aromatic heterocycles. The van der Waals surface area contributed by atoms with Gasteiger partial charge in [0.2, 0.25) is 11.6 Å². The number of hydrogen-bond acceptors (Lipinski definition) is 5. The van der Waals surface area contributed by atoms with Gasteiger partial charge in [0.15, 0.2) is 5.82 Å². The van der Waals surface area contributed by atoms with Gasteiger partial charge in [0, 0.05) is 12.3 Å². The summed E-state index contributed by atoms with van der Waals surface area (Å²) in [5, 5.41) is 19.4. The first-order valence-electron chi connectivity index (χ1n) is 5.39. The number of hydrogen-bond donors (Lipinski definition) is 1. The number of nitrogens with zero attached hydrogens (tertiary/aromatic N) is 2. The molecule has 0 fully saturated rings. The van der Waals surface area contributed by atoms with E-state index in [1.165, 1.54) is 0 Å². The fourth-order valence-corrected chi connectivity index (χ4v) is 1.66. The van der Waals surface area contributed by atoms with Gasteiger partial charge in [-0.05, 0) is 12.1 Å². The van der Waals surface area contributed by atoms with Crippen molar-refractivity contribution in [3.63, 3.8) is 0 Å². The van der Waals surface area contributed by atoms with Crippen molar-refractivity contribution >= 4 is 23.3 Å². The number of pyridine rings is 1. The number of ether oxygens (including phenoxy) is 1. The van der Waals surface area contributed by atoms with Gasteiger partial charge in [-0.3, -0.25) is 10.1 Å². The van der Waals surface area contributed by atoms with E-state index in [1.807, 2.05) is 0 Å². The molecule has 9 heteroatoms. The normalized spacial score (nSPS) is 10.2. The SMILES string of the molecule is O=C(O)c1cnc(Oc2c(F)cccc2[N+](=O)[O-])c(Cl)c1. The number of nitro benzene ring substituents is 1. The topological polar surface area (TPSA) is 103 Å². The van der Waals surface area contributed by atoms with Crippen LogP contribution in [-0.4, -0.2) is 21.0 Å². The molecule has 108 valence electrons. The Morgan fingerprint density at radius 2 is 2.19 bits per heavy atom. The molecule has 1 N–H and O–H groups in total. The van der Waals surface area contributed by atoms with Crippen molar-refractivity contribution < 1.29 is 24.0 Å². The second-order valence-electron chi connectivity index (χ2n) is 3.76. The Labute approximate surface area is 121 Å². The number of carboxylic acid groups (broad SMARTS) is 1. The molecule has 0 spiro atoms. The van der Waals surface area contributed by atoms with Crippen LogP contribution in [0.5, 0.6) is 11.6 Å². The maximum Gasteiger partial charge on any atom is 0.337 e. The van der Waals surface area contributed by atoms with Crippen LogP contribution in [0.15, 0.2) is 30.5 Å². The Morgan fingerprint density at radius 3 is 2.76 bits per heavy atom. The minimum absolute atomic E-state index is 0.199. The molecule has 0 saturated heterocycles. The highest BCUT2D eigenvalue weighted by Crippen LogP contribution is 2.35. The van der Waals surface area contributed by atoms with E-state index in [0.717, 1.165) is 30.5 Å². The average Bonchev–Trinajstić information content (AvgIpc) is 2.42. The number of para-hydroxylation sites is 1. The van der Waals surface area contributed by atoms with Crippen LogP contribution in [0.25, 0.3) is 0 Å². The van der Waals surface area contributed by atoms with Crippen LogP contribution < -0.4 is 4.74 Å². The first-order valence-corrected chi connectivity index (χ1v) is 5.77. The van der Waals surface area contributed by atoms with E-state index >= 15 is 0 Å². The van der Waals surface area contributed by atoms with Gasteiger partial charge in [0.25, 0.3) is 0 Å². The molecular weight excluding hydrogens is 307 g/mol. The van der Waals surface area contributed by atoms with Crippen molar-refractivity contribution in [1.82, 2.24) is 4.98 Å². The van der Waals surface area contributed by atoms with E-state index < -0.39 is 28.1 Å². The van der Waals surface area contributed by atoms with Crippen molar-refractivity contribution in [3.05, 3.63) is 57.0 Å². The Bertz CT molecular complexity index is 738. The van der Waals surface area contributed by atoms with Crippen LogP contribution in [0.2, 0.25) is 5.02 Å². The predicted molar refractivity (Wildman–Crippen MR) is 69.3 cm³/mol. The minimum Gasteiger partial charge on any atom is -0.478 e. The van der Waals surface area contributed by atoms with E-state index in [-0.39, 0.29) is 16.5 Å². The maximum atomic E-state index is 13.6. The number of aromatic carboxylic acids is 1. The quantitative estimate of drug-likeness (QED) is 0.686. The number of nitro groups is 1. The molecule has 0 atom stereocenters. The van der Waals surface area contributed by atoms with Crippen LogP contribution in [0, 0.1) is 15.9 Å². The smallest absolute Gasteiger partial charge is 0.337 e. The number of carboxylic acids is 1. The van der Waals surface area contributed by atoms with Gasteiger partial charge in [-0.1, -0.05) is 17.7 Å². The predicted octanol–water partition coefficient (Wildman–Crippen LogP) is 3.27. The Hall–Kier alpha value is -2.74. The fourth-order valence-electron chi connectivity index (χ4n) is 1.46. The highest BCUT2D eigenvalue weighted by molar-refractivity contribution is 6.32. The standard InChI is InChI=1S/C12H6ClFN2O5/c13-7-4-6(12(17)18)5-15-11(7)21-10-8(14)2-1-3-9(10)16(19)20/h1-5H,(H,17,18). The zero-order chi connectivity index (χ0) is 15.6. The summed E-state index contributed by atoms with van der Waals surface area (Å²) in [6.45, 7) is 0. The molecule has 7 nitrogen and oxygen atoms in total. The zero-order valence-electron chi connectivity index (χ0n) is 10.1. The van der Waals surface area contributed by atoms with Crippen LogP contribution in [0.1, 0.15) is 10.4 Å². The summed E-state index contributed by atoms with van der Waals surface area (Å²) in [6, 6.07) is 4.22. The minimum atomic E-state index is -1.26. The van der Waals surface area contributed by atoms with E-state index in [4.69, 9.17) is 21.4 Å². The second-order valence-corrected chi connectivity index (χ2v) is 4.17. The van der Waals surface area contributed by atoms with Gasteiger partial charge in [0.05, 0.1) is 10.5 Å². The van der Waals surface area contributed by atoms with Crippen molar-refractivity contribution in [1.29, 1.82) is 0 Å². The Balaban J connectivity index is 2.44. The lowest BCUT2D eigenvalue weighted by Crippen LogP contribution is -2.00. The lowest BCUT2D eigenvalue weighted by molar-refractivity contribution is -0.385. The lowest BCUT2D eigenvalue weighted by Gasteiger charge is -2.08. The van der Waals surface area contributed by atoms with Gasteiger partial charge in [-0.2, -0.15) is 0 Å². The average molecular weight is 313 g/mol. The third-order valence-corrected chi connectivity index (χ3v) is 2.67. The van der Waals surface area contributed by atoms with Crippen molar-refractivity contribution in [3.8, 4) is 11.6 Å². The number of benzene rings is 1. The molecule has 0 unspecified atom stereocenters. The summed E-state index contributed by atoms with van der Waals surface area (Å²) in [7, 11) is 0. The Morgan fingerprint density at radius 1 is 1.48 bits per heavy atom. The van der Waals surface area contributed by atoms with E-state index in [0.29, 0.717) is 0 Å². The summed E-state index contributed by atoms with van der Waals surface area (Å²) >= 11 is 5.76. The van der Waals surface area contributed by atoms with Crippen LogP contribution in [0.4, 0.5) is 10.1 Å². The fraction of sp³-hybridized carbons (Fsp3) is 0. The molecule has 0 bridgehead atoms. The molecular formula is C12H6ClFN2O5. The summed E-state index contributed by atoms with van der Waals surface area (Å²) in [6.07, 6.45) is 0.941. The van der Waals surface area contributed by atoms with E-state index in [1.54, 1.807) is 0 Å².